The molecular formula is C9H17NOS. The van der Waals surface area contributed by atoms with Crippen molar-refractivity contribution in [3.63, 3.8) is 0 Å². The van der Waals surface area contributed by atoms with Gasteiger partial charge >= 0.3 is 0 Å². The zero-order valence-electron chi connectivity index (χ0n) is 7.33. The number of aliphatic hydroxyl groups excluding tert-OH is 1. The Morgan fingerprint density at radius 2 is 2.25 bits per heavy atom. The van der Waals surface area contributed by atoms with Gasteiger partial charge in [-0.1, -0.05) is 0 Å². The van der Waals surface area contributed by atoms with E-state index >= 15 is 0 Å². The Balaban J connectivity index is 1.98. The molecule has 1 atom stereocenters. The summed E-state index contributed by atoms with van der Waals surface area (Å²) in [5.74, 6) is 1.29. The van der Waals surface area contributed by atoms with E-state index in [1.54, 1.807) is 0 Å². The maximum atomic E-state index is 9.31. The fourth-order valence-electron chi connectivity index (χ4n) is 2.50. The Labute approximate surface area is 77.9 Å². The Morgan fingerprint density at radius 3 is 2.67 bits per heavy atom. The SMILES string of the molecule is NCC1(C2CCCS2)CC(O)C1. The largest absolute Gasteiger partial charge is 0.393 e. The summed E-state index contributed by atoms with van der Waals surface area (Å²) in [6.07, 6.45) is 4.49. The lowest BCUT2D eigenvalue weighted by Crippen LogP contribution is -2.51. The minimum atomic E-state index is -0.0604. The molecule has 1 aliphatic heterocycles. The number of rotatable bonds is 2. The Bertz CT molecular complexity index is 162. The number of thioether (sulfide) groups is 1. The minimum Gasteiger partial charge on any atom is -0.393 e. The van der Waals surface area contributed by atoms with Crippen LogP contribution in [-0.4, -0.2) is 28.8 Å². The average Bonchev–Trinajstić information content (AvgIpc) is 2.50. The van der Waals surface area contributed by atoms with Crippen LogP contribution in [0.1, 0.15) is 25.7 Å². The number of hydrogen-bond donors (Lipinski definition) is 2. The van der Waals surface area contributed by atoms with E-state index in [2.05, 4.69) is 11.8 Å². The van der Waals surface area contributed by atoms with E-state index in [-0.39, 0.29) is 6.10 Å². The number of hydrogen-bond acceptors (Lipinski definition) is 3. The van der Waals surface area contributed by atoms with Crippen LogP contribution in [0.25, 0.3) is 0 Å². The number of nitrogens with two attached hydrogens (primary N) is 1. The van der Waals surface area contributed by atoms with Crippen LogP contribution in [0.4, 0.5) is 0 Å². The molecule has 2 aliphatic rings. The Hall–Kier alpha value is 0.270. The molecule has 0 aromatic rings. The monoisotopic (exact) mass is 187 g/mol. The van der Waals surface area contributed by atoms with Gasteiger partial charge in [0.15, 0.2) is 0 Å². The lowest BCUT2D eigenvalue weighted by atomic mass is 9.64. The molecule has 1 aliphatic carbocycles. The van der Waals surface area contributed by atoms with Gasteiger partial charge in [-0.2, -0.15) is 11.8 Å². The van der Waals surface area contributed by atoms with Crippen molar-refractivity contribution < 1.29 is 5.11 Å². The second-order valence-corrected chi connectivity index (χ2v) is 5.44. The lowest BCUT2D eigenvalue weighted by Gasteiger charge is -2.48. The first-order valence-electron chi connectivity index (χ1n) is 4.76. The quantitative estimate of drug-likeness (QED) is 0.677. The molecule has 0 aromatic carbocycles. The van der Waals surface area contributed by atoms with Crippen LogP contribution >= 0.6 is 11.8 Å². The molecule has 1 saturated heterocycles. The van der Waals surface area contributed by atoms with Crippen LogP contribution in [-0.2, 0) is 0 Å². The molecule has 0 radical (unpaired) electrons. The third-order valence-electron chi connectivity index (χ3n) is 3.30. The summed E-state index contributed by atoms with van der Waals surface area (Å²) >= 11 is 2.06. The molecule has 0 aromatic heterocycles. The van der Waals surface area contributed by atoms with E-state index in [1.807, 2.05) is 0 Å². The van der Waals surface area contributed by atoms with Gasteiger partial charge in [-0.3, -0.25) is 0 Å². The smallest absolute Gasteiger partial charge is 0.0552 e. The van der Waals surface area contributed by atoms with E-state index in [4.69, 9.17) is 5.73 Å². The summed E-state index contributed by atoms with van der Waals surface area (Å²) in [7, 11) is 0. The minimum absolute atomic E-state index is 0.0604. The topological polar surface area (TPSA) is 46.2 Å². The highest BCUT2D eigenvalue weighted by atomic mass is 32.2. The first kappa shape index (κ1) is 8.85. The van der Waals surface area contributed by atoms with E-state index in [0.717, 1.165) is 24.6 Å². The fourth-order valence-corrected chi connectivity index (χ4v) is 4.09. The summed E-state index contributed by atoms with van der Waals surface area (Å²) in [6.45, 7) is 0.766. The predicted molar refractivity (Wildman–Crippen MR) is 52.2 cm³/mol. The van der Waals surface area contributed by atoms with E-state index < -0.39 is 0 Å². The van der Waals surface area contributed by atoms with Gasteiger partial charge in [-0.05, 0) is 43.4 Å². The molecule has 3 N–H and O–H groups in total. The molecule has 70 valence electrons. The Kier molecular flexibility index (Phi) is 2.36. The maximum absolute atomic E-state index is 9.31. The summed E-state index contributed by atoms with van der Waals surface area (Å²) in [6, 6.07) is 0. The van der Waals surface area contributed by atoms with E-state index in [9.17, 15) is 5.11 Å². The molecule has 1 saturated carbocycles. The second-order valence-electron chi connectivity index (χ2n) is 4.13. The van der Waals surface area contributed by atoms with Crippen molar-refractivity contribution in [3.05, 3.63) is 0 Å². The summed E-state index contributed by atoms with van der Waals surface area (Å²) in [5.41, 5.74) is 6.09. The van der Waals surface area contributed by atoms with E-state index in [1.165, 1.54) is 18.6 Å². The van der Waals surface area contributed by atoms with Crippen LogP contribution in [0.5, 0.6) is 0 Å². The summed E-state index contributed by atoms with van der Waals surface area (Å²) < 4.78 is 0. The normalized spacial score (nSPS) is 47.5. The lowest BCUT2D eigenvalue weighted by molar-refractivity contribution is -0.0275. The van der Waals surface area contributed by atoms with Gasteiger partial charge in [0, 0.05) is 5.25 Å². The first-order chi connectivity index (χ1) is 5.77. The molecule has 3 heteroatoms. The average molecular weight is 187 g/mol. The molecule has 2 fully saturated rings. The van der Waals surface area contributed by atoms with Crippen LogP contribution in [0.2, 0.25) is 0 Å². The molecule has 2 nitrogen and oxygen atoms in total. The van der Waals surface area contributed by atoms with Crippen LogP contribution < -0.4 is 5.73 Å². The van der Waals surface area contributed by atoms with Gasteiger partial charge < -0.3 is 10.8 Å². The van der Waals surface area contributed by atoms with Gasteiger partial charge in [0.1, 0.15) is 0 Å². The highest BCUT2D eigenvalue weighted by Gasteiger charge is 2.48. The van der Waals surface area contributed by atoms with Gasteiger partial charge in [0.25, 0.3) is 0 Å². The maximum Gasteiger partial charge on any atom is 0.0552 e. The first-order valence-corrected chi connectivity index (χ1v) is 5.81. The molecule has 0 bridgehead atoms. The third-order valence-corrected chi connectivity index (χ3v) is 4.97. The zero-order chi connectivity index (χ0) is 8.60. The molecule has 2 rings (SSSR count). The van der Waals surface area contributed by atoms with Crippen molar-refractivity contribution in [2.24, 2.45) is 11.1 Å². The van der Waals surface area contributed by atoms with Crippen molar-refractivity contribution in [2.75, 3.05) is 12.3 Å². The van der Waals surface area contributed by atoms with Gasteiger partial charge in [-0.15, -0.1) is 0 Å². The Morgan fingerprint density at radius 1 is 1.50 bits per heavy atom. The van der Waals surface area contributed by atoms with Gasteiger partial charge in [0.05, 0.1) is 6.10 Å². The van der Waals surface area contributed by atoms with Crippen molar-refractivity contribution in [2.45, 2.75) is 37.0 Å². The summed E-state index contributed by atoms with van der Waals surface area (Å²) in [5, 5.41) is 10.1. The van der Waals surface area contributed by atoms with Crippen LogP contribution in [0.3, 0.4) is 0 Å². The molecular weight excluding hydrogens is 170 g/mol. The van der Waals surface area contributed by atoms with Gasteiger partial charge in [0.2, 0.25) is 0 Å². The predicted octanol–water partition coefficient (Wildman–Crippen LogP) is 0.982. The van der Waals surface area contributed by atoms with Crippen molar-refractivity contribution in [1.82, 2.24) is 0 Å². The molecule has 1 heterocycles. The van der Waals surface area contributed by atoms with Crippen molar-refractivity contribution >= 4 is 11.8 Å². The molecule has 0 spiro atoms. The zero-order valence-corrected chi connectivity index (χ0v) is 8.15. The third kappa shape index (κ3) is 1.28. The second kappa shape index (κ2) is 3.20. The van der Waals surface area contributed by atoms with Crippen LogP contribution in [0.15, 0.2) is 0 Å². The van der Waals surface area contributed by atoms with E-state index in [0.29, 0.717) is 5.41 Å². The molecule has 1 unspecified atom stereocenters. The molecule has 0 amide bonds. The fraction of sp³-hybridized carbons (Fsp3) is 1.00. The van der Waals surface area contributed by atoms with Crippen molar-refractivity contribution in [1.29, 1.82) is 0 Å². The number of aliphatic hydroxyl groups is 1. The standard InChI is InChI=1S/C9H17NOS/c10-6-9(4-7(11)5-9)8-2-1-3-12-8/h7-8,11H,1-6,10H2. The summed E-state index contributed by atoms with van der Waals surface area (Å²) in [4.78, 5) is 0. The highest BCUT2D eigenvalue weighted by molar-refractivity contribution is 8.00. The van der Waals surface area contributed by atoms with Crippen molar-refractivity contribution in [3.8, 4) is 0 Å². The molecule has 12 heavy (non-hydrogen) atoms. The van der Waals surface area contributed by atoms with Crippen LogP contribution in [0, 0.1) is 5.41 Å². The van der Waals surface area contributed by atoms with Gasteiger partial charge in [-0.25, -0.2) is 0 Å². The highest BCUT2D eigenvalue weighted by Crippen LogP contribution is 2.51.